The molecule has 3 aromatic carbocycles. The van der Waals surface area contributed by atoms with Crippen molar-refractivity contribution >= 4 is 39.1 Å². The van der Waals surface area contributed by atoms with Gasteiger partial charge in [0.1, 0.15) is 12.6 Å². The maximum absolute atomic E-state index is 14.1. The lowest BCUT2D eigenvalue weighted by Gasteiger charge is -2.35. The number of hydrogen-bond acceptors (Lipinski definition) is 4. The molecule has 0 saturated heterocycles. The van der Waals surface area contributed by atoms with Crippen LogP contribution in [0.25, 0.3) is 0 Å². The Morgan fingerprint density at radius 3 is 2.12 bits per heavy atom. The van der Waals surface area contributed by atoms with Crippen LogP contribution in [0.3, 0.4) is 0 Å². The Bertz CT molecular complexity index is 1450. The summed E-state index contributed by atoms with van der Waals surface area (Å²) >= 11 is 6.31. The van der Waals surface area contributed by atoms with Crippen molar-refractivity contribution in [3.8, 4) is 0 Å². The van der Waals surface area contributed by atoms with Gasteiger partial charge in [0.2, 0.25) is 21.8 Å². The second kappa shape index (κ2) is 12.9. The zero-order valence-corrected chi connectivity index (χ0v) is 25.5. The Morgan fingerprint density at radius 2 is 1.55 bits per heavy atom. The average Bonchev–Trinajstić information content (AvgIpc) is 2.86. The molecule has 0 bridgehead atoms. The molecule has 7 nitrogen and oxygen atoms in total. The molecule has 0 radical (unpaired) electrons. The summed E-state index contributed by atoms with van der Waals surface area (Å²) < 4.78 is 26.9. The van der Waals surface area contributed by atoms with Gasteiger partial charge in [0, 0.05) is 23.5 Å². The van der Waals surface area contributed by atoms with Gasteiger partial charge in [-0.05, 0) is 69.0 Å². The summed E-state index contributed by atoms with van der Waals surface area (Å²) in [6, 6.07) is 21.1. The summed E-state index contributed by atoms with van der Waals surface area (Å²) in [5.41, 5.74) is 3.22. The molecule has 0 aliphatic heterocycles. The molecule has 1 N–H and O–H groups in total. The van der Waals surface area contributed by atoms with Crippen molar-refractivity contribution in [2.45, 2.75) is 59.2 Å². The van der Waals surface area contributed by atoms with Gasteiger partial charge < -0.3 is 10.2 Å². The lowest BCUT2D eigenvalue weighted by atomic mass is 10.00. The van der Waals surface area contributed by atoms with Gasteiger partial charge in [-0.2, -0.15) is 0 Å². The monoisotopic (exact) mass is 583 g/mol. The highest BCUT2D eigenvalue weighted by atomic mass is 35.5. The van der Waals surface area contributed by atoms with Crippen LogP contribution in [0.4, 0.5) is 5.69 Å². The van der Waals surface area contributed by atoms with Crippen LogP contribution in [0, 0.1) is 13.8 Å². The fourth-order valence-corrected chi connectivity index (χ4v) is 5.34. The Balaban J connectivity index is 2.10. The van der Waals surface area contributed by atoms with Crippen LogP contribution in [-0.4, -0.2) is 49.5 Å². The molecular weight excluding hydrogens is 546 g/mol. The second-order valence-corrected chi connectivity index (χ2v) is 13.4. The van der Waals surface area contributed by atoms with Crippen molar-refractivity contribution in [3.63, 3.8) is 0 Å². The molecule has 9 heteroatoms. The van der Waals surface area contributed by atoms with Crippen LogP contribution in [0.5, 0.6) is 0 Å². The van der Waals surface area contributed by atoms with E-state index in [9.17, 15) is 18.0 Å². The third-order valence-corrected chi connectivity index (χ3v) is 8.04. The van der Waals surface area contributed by atoms with Crippen molar-refractivity contribution in [2.24, 2.45) is 0 Å². The normalized spacial score (nSPS) is 12.5. The fraction of sp³-hybridized carbons (Fsp3) is 0.355. The molecule has 1 atom stereocenters. The topological polar surface area (TPSA) is 86.8 Å². The van der Waals surface area contributed by atoms with Crippen molar-refractivity contribution < 1.29 is 18.0 Å². The molecule has 0 aliphatic carbocycles. The predicted octanol–water partition coefficient (Wildman–Crippen LogP) is 5.28. The molecule has 0 aromatic heterocycles. The first kappa shape index (κ1) is 31.2. The van der Waals surface area contributed by atoms with Gasteiger partial charge in [0.15, 0.2) is 0 Å². The number of rotatable bonds is 10. The summed E-state index contributed by atoms with van der Waals surface area (Å²) in [5.74, 6) is -0.821. The van der Waals surface area contributed by atoms with E-state index in [0.29, 0.717) is 5.02 Å². The molecule has 40 heavy (non-hydrogen) atoms. The van der Waals surface area contributed by atoms with E-state index >= 15 is 0 Å². The summed E-state index contributed by atoms with van der Waals surface area (Å²) in [7, 11) is -3.86. The lowest BCUT2D eigenvalue weighted by molar-refractivity contribution is -0.140. The van der Waals surface area contributed by atoms with Gasteiger partial charge in [0.25, 0.3) is 0 Å². The van der Waals surface area contributed by atoms with E-state index in [4.69, 9.17) is 11.6 Å². The van der Waals surface area contributed by atoms with Crippen molar-refractivity contribution in [2.75, 3.05) is 17.1 Å². The van der Waals surface area contributed by atoms with E-state index in [1.165, 1.54) is 11.0 Å². The highest BCUT2D eigenvalue weighted by Gasteiger charge is 2.34. The number of carbonyl (C=O) groups excluding carboxylic acids is 2. The van der Waals surface area contributed by atoms with E-state index in [0.717, 1.165) is 32.8 Å². The van der Waals surface area contributed by atoms with Crippen LogP contribution in [0.1, 0.15) is 43.0 Å². The maximum atomic E-state index is 14.1. The number of nitrogens with one attached hydrogen (secondary N) is 1. The molecule has 0 aliphatic rings. The minimum atomic E-state index is -3.86. The number of halogens is 1. The van der Waals surface area contributed by atoms with E-state index in [1.54, 1.807) is 12.1 Å². The quantitative estimate of drug-likeness (QED) is 0.352. The number of benzene rings is 3. The maximum Gasteiger partial charge on any atom is 0.244 e. The number of aryl methyl sites for hydroxylation is 2. The smallest absolute Gasteiger partial charge is 0.244 e. The number of sulfonamides is 1. The number of anilines is 1. The first-order valence-electron chi connectivity index (χ1n) is 13.1. The number of amides is 2. The molecule has 0 fully saturated rings. The second-order valence-electron chi connectivity index (χ2n) is 11.1. The minimum Gasteiger partial charge on any atom is -0.350 e. The average molecular weight is 584 g/mol. The predicted molar refractivity (Wildman–Crippen MR) is 162 cm³/mol. The van der Waals surface area contributed by atoms with Gasteiger partial charge in [-0.25, -0.2) is 8.42 Å². The summed E-state index contributed by atoms with van der Waals surface area (Å²) in [4.78, 5) is 29.4. The van der Waals surface area contributed by atoms with Crippen molar-refractivity contribution in [3.05, 3.63) is 100 Å². The zero-order chi connectivity index (χ0) is 29.7. The summed E-state index contributed by atoms with van der Waals surface area (Å²) in [6.07, 6.45) is 1.31. The number of carbonyl (C=O) groups is 2. The Labute approximate surface area is 243 Å². The van der Waals surface area contributed by atoms with Gasteiger partial charge in [-0.3, -0.25) is 13.9 Å². The van der Waals surface area contributed by atoms with E-state index < -0.39 is 34.1 Å². The third kappa shape index (κ3) is 8.57. The first-order chi connectivity index (χ1) is 18.7. The first-order valence-corrected chi connectivity index (χ1v) is 15.3. The molecule has 0 heterocycles. The molecule has 3 rings (SSSR count). The molecule has 0 saturated carbocycles. The van der Waals surface area contributed by atoms with Crippen molar-refractivity contribution in [1.82, 2.24) is 10.2 Å². The molecule has 214 valence electrons. The highest BCUT2D eigenvalue weighted by Crippen LogP contribution is 2.26. The van der Waals surface area contributed by atoms with Crippen LogP contribution in [0.15, 0.2) is 72.8 Å². The standard InChI is InChI=1S/C31H38ClN3O4S/c1-22-12-10-11-15-25(22)20-34(28(30(37)33-31(3,4)5)18-24-13-8-7-9-14-24)29(36)21-35(40(6,38)39)26-17-16-23(2)27(32)19-26/h7-17,19,28H,18,20-21H2,1-6H3,(H,33,37)/t28-/m0/s1. The SMILES string of the molecule is Cc1ccc(N(CC(=O)N(Cc2ccccc2C)[C@@H](Cc2ccccc2)C(=O)NC(C)(C)C)S(C)(=O)=O)cc1Cl. The van der Waals surface area contributed by atoms with Crippen molar-refractivity contribution in [1.29, 1.82) is 0 Å². The van der Waals surface area contributed by atoms with E-state index in [1.807, 2.05) is 89.2 Å². The molecule has 0 spiro atoms. The molecule has 2 amide bonds. The van der Waals surface area contributed by atoms with Gasteiger partial charge in [-0.1, -0.05) is 72.3 Å². The Morgan fingerprint density at radius 1 is 0.925 bits per heavy atom. The Hall–Kier alpha value is -3.36. The molecule has 3 aromatic rings. The summed E-state index contributed by atoms with van der Waals surface area (Å²) in [6.45, 7) is 9.04. The van der Waals surface area contributed by atoms with E-state index in [-0.39, 0.29) is 24.6 Å². The Kier molecular flexibility index (Phi) is 10.0. The summed E-state index contributed by atoms with van der Waals surface area (Å²) in [5, 5.41) is 3.41. The van der Waals surface area contributed by atoms with Crippen LogP contribution in [-0.2, 0) is 32.6 Å². The highest BCUT2D eigenvalue weighted by molar-refractivity contribution is 7.92. The third-order valence-electron chi connectivity index (χ3n) is 6.49. The lowest BCUT2D eigenvalue weighted by Crippen LogP contribution is -2.56. The number of nitrogens with zero attached hydrogens (tertiary/aromatic N) is 2. The molecule has 0 unspecified atom stereocenters. The van der Waals surface area contributed by atoms with Gasteiger partial charge in [-0.15, -0.1) is 0 Å². The fourth-order valence-electron chi connectivity index (χ4n) is 4.33. The largest absolute Gasteiger partial charge is 0.350 e. The number of hydrogen-bond donors (Lipinski definition) is 1. The van der Waals surface area contributed by atoms with Crippen LogP contribution >= 0.6 is 11.6 Å². The zero-order valence-electron chi connectivity index (χ0n) is 23.9. The van der Waals surface area contributed by atoms with Gasteiger partial charge in [0.05, 0.1) is 11.9 Å². The van der Waals surface area contributed by atoms with Crippen LogP contribution < -0.4 is 9.62 Å². The molecular formula is C31H38ClN3O4S. The van der Waals surface area contributed by atoms with Crippen LogP contribution in [0.2, 0.25) is 5.02 Å². The minimum absolute atomic E-state index is 0.132. The van der Waals surface area contributed by atoms with Gasteiger partial charge >= 0.3 is 0 Å². The van der Waals surface area contributed by atoms with E-state index in [2.05, 4.69) is 5.32 Å².